The second kappa shape index (κ2) is 7.98. The predicted octanol–water partition coefficient (Wildman–Crippen LogP) is 2.90. The SMILES string of the molecule is CCCCCCC(=O)CC(N)C(C)C. The standard InChI is InChI=1S/C12H25NO/c1-4-5-6-7-8-11(14)9-12(13)10(2)3/h10,12H,4-9,13H2,1-3H3. The van der Waals surface area contributed by atoms with Gasteiger partial charge >= 0.3 is 0 Å². The third-order valence-electron chi connectivity index (χ3n) is 2.63. The first-order valence-corrected chi connectivity index (χ1v) is 5.85. The van der Waals surface area contributed by atoms with Gasteiger partial charge in [0, 0.05) is 18.9 Å². The zero-order chi connectivity index (χ0) is 11.0. The highest BCUT2D eigenvalue weighted by Crippen LogP contribution is 2.08. The van der Waals surface area contributed by atoms with Crippen LogP contribution in [0.2, 0.25) is 0 Å². The molecule has 0 aliphatic carbocycles. The Morgan fingerprint density at radius 1 is 1.21 bits per heavy atom. The summed E-state index contributed by atoms with van der Waals surface area (Å²) in [7, 11) is 0. The summed E-state index contributed by atoms with van der Waals surface area (Å²) in [4.78, 5) is 11.4. The Hall–Kier alpha value is -0.370. The summed E-state index contributed by atoms with van der Waals surface area (Å²) < 4.78 is 0. The maximum atomic E-state index is 11.4. The average Bonchev–Trinajstić information content (AvgIpc) is 2.12. The highest BCUT2D eigenvalue weighted by atomic mass is 16.1. The third-order valence-corrected chi connectivity index (χ3v) is 2.63. The van der Waals surface area contributed by atoms with E-state index in [4.69, 9.17) is 5.73 Å². The fraction of sp³-hybridized carbons (Fsp3) is 0.917. The first-order chi connectivity index (χ1) is 6.57. The Kier molecular flexibility index (Phi) is 7.77. The van der Waals surface area contributed by atoms with E-state index in [-0.39, 0.29) is 6.04 Å². The van der Waals surface area contributed by atoms with Crippen molar-refractivity contribution in [1.82, 2.24) is 0 Å². The zero-order valence-electron chi connectivity index (χ0n) is 9.88. The van der Waals surface area contributed by atoms with Gasteiger partial charge in [-0.25, -0.2) is 0 Å². The predicted molar refractivity (Wildman–Crippen MR) is 61.2 cm³/mol. The minimum Gasteiger partial charge on any atom is -0.327 e. The van der Waals surface area contributed by atoms with Crippen LogP contribution >= 0.6 is 0 Å². The number of Topliss-reactive ketones (excluding diaryl/α,β-unsaturated/α-hetero) is 1. The van der Waals surface area contributed by atoms with Crippen LogP contribution in [0.25, 0.3) is 0 Å². The van der Waals surface area contributed by atoms with Gasteiger partial charge in [-0.05, 0) is 12.3 Å². The van der Waals surface area contributed by atoms with E-state index < -0.39 is 0 Å². The molecule has 0 aliphatic rings. The van der Waals surface area contributed by atoms with Crippen LogP contribution < -0.4 is 5.73 Å². The van der Waals surface area contributed by atoms with Gasteiger partial charge in [0.2, 0.25) is 0 Å². The minimum absolute atomic E-state index is 0.0497. The van der Waals surface area contributed by atoms with Gasteiger partial charge in [-0.3, -0.25) is 4.79 Å². The lowest BCUT2D eigenvalue weighted by Crippen LogP contribution is -2.29. The van der Waals surface area contributed by atoms with Crippen molar-refractivity contribution in [3.63, 3.8) is 0 Å². The van der Waals surface area contributed by atoms with Crippen molar-refractivity contribution in [3.8, 4) is 0 Å². The summed E-state index contributed by atoms with van der Waals surface area (Å²) >= 11 is 0. The zero-order valence-corrected chi connectivity index (χ0v) is 9.88. The van der Waals surface area contributed by atoms with E-state index in [1.807, 2.05) is 0 Å². The molecule has 1 unspecified atom stereocenters. The molecule has 2 heteroatoms. The lowest BCUT2D eigenvalue weighted by molar-refractivity contribution is -0.119. The molecule has 0 heterocycles. The molecule has 0 saturated carbocycles. The van der Waals surface area contributed by atoms with Crippen LogP contribution in [0.1, 0.15) is 59.3 Å². The lowest BCUT2D eigenvalue weighted by atomic mass is 9.97. The summed E-state index contributed by atoms with van der Waals surface area (Å²) in [6, 6.07) is 0.0497. The topological polar surface area (TPSA) is 43.1 Å². The molecular weight excluding hydrogens is 174 g/mol. The van der Waals surface area contributed by atoms with Gasteiger partial charge in [0.25, 0.3) is 0 Å². The summed E-state index contributed by atoms with van der Waals surface area (Å²) in [5.41, 5.74) is 5.83. The summed E-state index contributed by atoms with van der Waals surface area (Å²) in [5.74, 6) is 0.747. The van der Waals surface area contributed by atoms with E-state index in [0.717, 1.165) is 12.8 Å². The maximum absolute atomic E-state index is 11.4. The van der Waals surface area contributed by atoms with Gasteiger partial charge < -0.3 is 5.73 Å². The molecule has 0 spiro atoms. The average molecular weight is 199 g/mol. The normalized spacial score (nSPS) is 13.2. The summed E-state index contributed by atoms with van der Waals surface area (Å²) in [5, 5.41) is 0. The number of ketones is 1. The largest absolute Gasteiger partial charge is 0.327 e. The Labute approximate surface area is 88.3 Å². The second-order valence-electron chi connectivity index (χ2n) is 4.46. The summed E-state index contributed by atoms with van der Waals surface area (Å²) in [6.07, 6.45) is 5.96. The molecule has 0 amide bonds. The summed E-state index contributed by atoms with van der Waals surface area (Å²) in [6.45, 7) is 6.31. The van der Waals surface area contributed by atoms with Crippen LogP contribution in [-0.2, 0) is 4.79 Å². The molecule has 2 N–H and O–H groups in total. The van der Waals surface area contributed by atoms with Crippen LogP contribution in [0.4, 0.5) is 0 Å². The van der Waals surface area contributed by atoms with Crippen LogP contribution in [0.15, 0.2) is 0 Å². The minimum atomic E-state index is 0.0497. The second-order valence-corrected chi connectivity index (χ2v) is 4.46. The number of nitrogens with two attached hydrogens (primary N) is 1. The van der Waals surface area contributed by atoms with Crippen molar-refractivity contribution in [3.05, 3.63) is 0 Å². The molecule has 0 radical (unpaired) electrons. The van der Waals surface area contributed by atoms with Crippen LogP contribution in [-0.4, -0.2) is 11.8 Å². The van der Waals surface area contributed by atoms with E-state index in [0.29, 0.717) is 18.1 Å². The molecule has 0 saturated heterocycles. The smallest absolute Gasteiger partial charge is 0.134 e. The van der Waals surface area contributed by atoms with Crippen molar-refractivity contribution < 1.29 is 4.79 Å². The Bertz CT molecular complexity index is 154. The number of unbranched alkanes of at least 4 members (excludes halogenated alkanes) is 3. The van der Waals surface area contributed by atoms with Crippen LogP contribution in [0.3, 0.4) is 0 Å². The number of rotatable bonds is 8. The van der Waals surface area contributed by atoms with Crippen molar-refractivity contribution in [2.75, 3.05) is 0 Å². The number of hydrogen-bond acceptors (Lipinski definition) is 2. The van der Waals surface area contributed by atoms with Crippen molar-refractivity contribution in [2.45, 2.75) is 65.3 Å². The molecule has 0 bridgehead atoms. The lowest BCUT2D eigenvalue weighted by Gasteiger charge is -2.14. The van der Waals surface area contributed by atoms with E-state index in [2.05, 4.69) is 20.8 Å². The van der Waals surface area contributed by atoms with Crippen molar-refractivity contribution >= 4 is 5.78 Å². The molecule has 14 heavy (non-hydrogen) atoms. The van der Waals surface area contributed by atoms with Crippen molar-refractivity contribution in [2.24, 2.45) is 11.7 Å². The molecule has 84 valence electrons. The first-order valence-electron chi connectivity index (χ1n) is 5.85. The Balaban J connectivity index is 3.45. The molecule has 0 aliphatic heterocycles. The Morgan fingerprint density at radius 2 is 1.86 bits per heavy atom. The highest BCUT2D eigenvalue weighted by molar-refractivity contribution is 5.78. The fourth-order valence-corrected chi connectivity index (χ4v) is 1.35. The monoisotopic (exact) mass is 199 g/mol. The molecular formula is C12H25NO. The fourth-order valence-electron chi connectivity index (χ4n) is 1.35. The molecule has 0 aromatic carbocycles. The quantitative estimate of drug-likeness (QED) is 0.611. The number of carbonyl (C=O) groups is 1. The Morgan fingerprint density at radius 3 is 2.36 bits per heavy atom. The highest BCUT2D eigenvalue weighted by Gasteiger charge is 2.12. The third kappa shape index (κ3) is 7.07. The van der Waals surface area contributed by atoms with E-state index in [9.17, 15) is 4.79 Å². The molecule has 0 fully saturated rings. The van der Waals surface area contributed by atoms with Crippen molar-refractivity contribution in [1.29, 1.82) is 0 Å². The molecule has 2 nitrogen and oxygen atoms in total. The first kappa shape index (κ1) is 13.6. The van der Waals surface area contributed by atoms with E-state index in [1.165, 1.54) is 19.3 Å². The molecule has 1 atom stereocenters. The van der Waals surface area contributed by atoms with E-state index in [1.54, 1.807) is 0 Å². The molecule has 0 aromatic rings. The van der Waals surface area contributed by atoms with Gasteiger partial charge in [0.1, 0.15) is 5.78 Å². The number of carbonyl (C=O) groups excluding carboxylic acids is 1. The molecule has 0 aromatic heterocycles. The van der Waals surface area contributed by atoms with E-state index >= 15 is 0 Å². The van der Waals surface area contributed by atoms with Gasteiger partial charge in [0.15, 0.2) is 0 Å². The maximum Gasteiger partial charge on any atom is 0.134 e. The van der Waals surface area contributed by atoms with Gasteiger partial charge in [0.05, 0.1) is 0 Å². The van der Waals surface area contributed by atoms with Gasteiger partial charge in [-0.2, -0.15) is 0 Å². The van der Waals surface area contributed by atoms with Gasteiger partial charge in [-0.15, -0.1) is 0 Å². The van der Waals surface area contributed by atoms with Crippen LogP contribution in [0.5, 0.6) is 0 Å². The van der Waals surface area contributed by atoms with Gasteiger partial charge in [-0.1, -0.05) is 40.0 Å². The van der Waals surface area contributed by atoms with Crippen LogP contribution in [0, 0.1) is 5.92 Å². The molecule has 0 rings (SSSR count). The number of hydrogen-bond donors (Lipinski definition) is 1.